The topological polar surface area (TPSA) is 84.8 Å². The number of carbonyl (C=O) groups is 1. The molecule has 0 spiro atoms. The van der Waals surface area contributed by atoms with Crippen LogP contribution in [0.1, 0.15) is 46.8 Å². The number of aryl methyl sites for hydroxylation is 3. The number of nitrogens with zero attached hydrogens (tertiary/aromatic N) is 3. The zero-order valence-corrected chi connectivity index (χ0v) is 20.6. The quantitative estimate of drug-likeness (QED) is 0.549. The maximum Gasteiger partial charge on any atom is 0.307 e. The van der Waals surface area contributed by atoms with E-state index in [1.165, 1.54) is 16.7 Å². The number of benzene rings is 2. The highest BCUT2D eigenvalue weighted by molar-refractivity contribution is 5.75. The van der Waals surface area contributed by atoms with Gasteiger partial charge in [-0.05, 0) is 79.0 Å². The van der Waals surface area contributed by atoms with Gasteiger partial charge in [0.2, 0.25) is 5.95 Å². The van der Waals surface area contributed by atoms with Gasteiger partial charge in [-0.3, -0.25) is 4.79 Å². The summed E-state index contributed by atoms with van der Waals surface area (Å²) in [7, 11) is 0. The summed E-state index contributed by atoms with van der Waals surface area (Å²) in [6.07, 6.45) is 3.78. The lowest BCUT2D eigenvalue weighted by atomic mass is 9.95. The van der Waals surface area contributed by atoms with Gasteiger partial charge in [0.05, 0.1) is 30.5 Å². The standard InChI is InChI=1S/C29H31N3O4/c1-18-27-24-15-19(17-36-22-9-7-21(8-10-22)23-16-25(23)28(33)34)5-6-20(24)3-2-4-26(27)31-29(30-18)32-11-13-35-14-12-32/h5-10,15,23,25H,2-4,11-14,16-17H2,1H3,(H,33,34)/t23-,25+/m1/s1. The maximum absolute atomic E-state index is 11.1. The molecule has 0 bridgehead atoms. The van der Waals surface area contributed by atoms with Crippen molar-refractivity contribution in [2.45, 2.75) is 45.1 Å². The number of ether oxygens (including phenoxy) is 2. The number of hydrogen-bond acceptors (Lipinski definition) is 6. The fourth-order valence-corrected chi connectivity index (χ4v) is 5.48. The molecule has 2 heterocycles. The molecule has 2 aromatic carbocycles. The van der Waals surface area contributed by atoms with Gasteiger partial charge in [-0.25, -0.2) is 9.97 Å². The molecule has 2 fully saturated rings. The molecule has 36 heavy (non-hydrogen) atoms. The first kappa shape index (κ1) is 23.0. The zero-order valence-electron chi connectivity index (χ0n) is 20.6. The second-order valence-corrected chi connectivity index (χ2v) is 10.0. The van der Waals surface area contributed by atoms with E-state index in [-0.39, 0.29) is 11.8 Å². The average Bonchev–Trinajstić information content (AvgIpc) is 3.72. The molecule has 1 aromatic heterocycles. The molecule has 1 saturated heterocycles. The highest BCUT2D eigenvalue weighted by Crippen LogP contribution is 2.47. The Hall–Kier alpha value is -3.45. The van der Waals surface area contributed by atoms with Crippen LogP contribution in [-0.4, -0.2) is 47.3 Å². The Labute approximate surface area is 211 Å². The summed E-state index contributed by atoms with van der Waals surface area (Å²) in [5.41, 5.74) is 8.07. The molecule has 7 heteroatoms. The second-order valence-electron chi connectivity index (χ2n) is 10.0. The van der Waals surface area contributed by atoms with E-state index >= 15 is 0 Å². The van der Waals surface area contributed by atoms with Crippen LogP contribution in [0.5, 0.6) is 5.75 Å². The van der Waals surface area contributed by atoms with E-state index in [0.29, 0.717) is 6.61 Å². The summed E-state index contributed by atoms with van der Waals surface area (Å²) >= 11 is 0. The molecule has 6 rings (SSSR count). The summed E-state index contributed by atoms with van der Waals surface area (Å²) in [5.74, 6) is 0.799. The molecule has 3 aromatic rings. The molecule has 0 amide bonds. The van der Waals surface area contributed by atoms with E-state index in [9.17, 15) is 4.79 Å². The zero-order chi connectivity index (χ0) is 24.6. The van der Waals surface area contributed by atoms with Crippen molar-refractivity contribution in [2.75, 3.05) is 31.2 Å². The number of carboxylic acid groups (broad SMARTS) is 1. The lowest BCUT2D eigenvalue weighted by molar-refractivity contribution is -0.138. The van der Waals surface area contributed by atoms with Crippen molar-refractivity contribution in [1.29, 1.82) is 0 Å². The van der Waals surface area contributed by atoms with E-state index < -0.39 is 5.97 Å². The number of rotatable bonds is 6. The monoisotopic (exact) mass is 485 g/mol. The van der Waals surface area contributed by atoms with E-state index in [2.05, 4.69) is 30.0 Å². The largest absolute Gasteiger partial charge is 0.489 e. The average molecular weight is 486 g/mol. The van der Waals surface area contributed by atoms with Crippen molar-refractivity contribution >= 4 is 11.9 Å². The van der Waals surface area contributed by atoms with Gasteiger partial charge in [-0.15, -0.1) is 0 Å². The normalized spacial score (nSPS) is 20.8. The Bertz CT molecular complexity index is 1280. The number of morpholine rings is 1. The summed E-state index contributed by atoms with van der Waals surface area (Å²) in [6, 6.07) is 14.5. The molecule has 1 saturated carbocycles. The van der Waals surface area contributed by atoms with Gasteiger partial charge in [-0.1, -0.05) is 24.3 Å². The summed E-state index contributed by atoms with van der Waals surface area (Å²) in [6.45, 7) is 5.67. The molecule has 1 N–H and O–H groups in total. The lowest BCUT2D eigenvalue weighted by Crippen LogP contribution is -2.37. The summed E-state index contributed by atoms with van der Waals surface area (Å²) in [5, 5.41) is 9.16. The van der Waals surface area contributed by atoms with Crippen LogP contribution in [0.15, 0.2) is 42.5 Å². The number of hydrogen-bond donors (Lipinski definition) is 1. The van der Waals surface area contributed by atoms with Crippen molar-refractivity contribution in [3.8, 4) is 16.9 Å². The molecule has 186 valence electrons. The number of aromatic nitrogens is 2. The van der Waals surface area contributed by atoms with Crippen LogP contribution in [0.4, 0.5) is 5.95 Å². The Balaban J connectivity index is 1.21. The first-order valence-corrected chi connectivity index (χ1v) is 12.8. The number of anilines is 1. The van der Waals surface area contributed by atoms with Crippen molar-refractivity contribution in [3.63, 3.8) is 0 Å². The first-order valence-electron chi connectivity index (χ1n) is 12.8. The van der Waals surface area contributed by atoms with Crippen LogP contribution in [0.25, 0.3) is 11.1 Å². The Morgan fingerprint density at radius 1 is 1.11 bits per heavy atom. The van der Waals surface area contributed by atoms with Gasteiger partial charge >= 0.3 is 5.97 Å². The maximum atomic E-state index is 11.1. The Morgan fingerprint density at radius 2 is 1.92 bits per heavy atom. The molecular weight excluding hydrogens is 454 g/mol. The van der Waals surface area contributed by atoms with Crippen LogP contribution in [0, 0.1) is 12.8 Å². The smallest absolute Gasteiger partial charge is 0.307 e. The lowest BCUT2D eigenvalue weighted by Gasteiger charge is -2.28. The van der Waals surface area contributed by atoms with Gasteiger partial charge in [0.25, 0.3) is 0 Å². The van der Waals surface area contributed by atoms with Gasteiger partial charge in [0, 0.05) is 18.7 Å². The minimum Gasteiger partial charge on any atom is -0.489 e. The van der Waals surface area contributed by atoms with E-state index in [1.54, 1.807) is 0 Å². The first-order chi connectivity index (χ1) is 17.6. The van der Waals surface area contributed by atoms with Crippen molar-refractivity contribution in [3.05, 3.63) is 70.5 Å². The van der Waals surface area contributed by atoms with Crippen molar-refractivity contribution in [1.82, 2.24) is 9.97 Å². The SMILES string of the molecule is Cc1nc(N2CCOCC2)nc2c1-c1cc(COc3ccc([C@H]4C[C@@H]4C(=O)O)cc3)ccc1CCC2. The van der Waals surface area contributed by atoms with Gasteiger partial charge in [-0.2, -0.15) is 0 Å². The minimum atomic E-state index is -0.705. The van der Waals surface area contributed by atoms with Crippen LogP contribution < -0.4 is 9.64 Å². The van der Waals surface area contributed by atoms with E-state index in [4.69, 9.17) is 24.5 Å². The predicted octanol–water partition coefficient (Wildman–Crippen LogP) is 4.54. The van der Waals surface area contributed by atoms with E-state index in [0.717, 1.165) is 86.2 Å². The molecular formula is C29H31N3O4. The van der Waals surface area contributed by atoms with Crippen LogP contribution in [0.3, 0.4) is 0 Å². The molecule has 0 radical (unpaired) electrons. The fourth-order valence-electron chi connectivity index (χ4n) is 5.48. The third-order valence-corrected chi connectivity index (χ3v) is 7.57. The predicted molar refractivity (Wildman–Crippen MR) is 137 cm³/mol. The highest BCUT2D eigenvalue weighted by atomic mass is 16.5. The molecule has 1 aliphatic heterocycles. The third-order valence-electron chi connectivity index (χ3n) is 7.57. The number of fused-ring (bicyclic) bond motifs is 3. The Kier molecular flexibility index (Phi) is 6.09. The van der Waals surface area contributed by atoms with Crippen LogP contribution in [0.2, 0.25) is 0 Å². The van der Waals surface area contributed by atoms with Gasteiger partial charge in [0.15, 0.2) is 0 Å². The summed E-state index contributed by atoms with van der Waals surface area (Å²) < 4.78 is 11.6. The molecule has 0 unspecified atom stereocenters. The van der Waals surface area contributed by atoms with Crippen LogP contribution in [-0.2, 0) is 29.0 Å². The second kappa shape index (κ2) is 9.54. The molecule has 7 nitrogen and oxygen atoms in total. The fraction of sp³-hybridized carbons (Fsp3) is 0.414. The third kappa shape index (κ3) is 4.55. The van der Waals surface area contributed by atoms with E-state index in [1.807, 2.05) is 24.3 Å². The molecule has 2 atom stereocenters. The molecule has 3 aliphatic rings. The highest BCUT2D eigenvalue weighted by Gasteiger charge is 2.44. The minimum absolute atomic E-state index is 0.135. The van der Waals surface area contributed by atoms with Gasteiger partial charge in [0.1, 0.15) is 12.4 Å². The number of aliphatic carboxylic acids is 1. The van der Waals surface area contributed by atoms with Crippen LogP contribution >= 0.6 is 0 Å². The molecule has 2 aliphatic carbocycles. The Morgan fingerprint density at radius 3 is 2.67 bits per heavy atom. The van der Waals surface area contributed by atoms with Crippen molar-refractivity contribution < 1.29 is 19.4 Å². The van der Waals surface area contributed by atoms with Gasteiger partial charge < -0.3 is 19.5 Å². The van der Waals surface area contributed by atoms with Crippen molar-refractivity contribution in [2.24, 2.45) is 5.92 Å². The number of carboxylic acids is 1. The summed E-state index contributed by atoms with van der Waals surface area (Å²) in [4.78, 5) is 23.3.